The molecular formula is C16H20N4O3. The fourth-order valence-electron chi connectivity index (χ4n) is 2.59. The monoisotopic (exact) mass is 316 g/mol. The lowest BCUT2D eigenvalue weighted by atomic mass is 9.96. The van der Waals surface area contributed by atoms with Crippen LogP contribution in [0.25, 0.3) is 0 Å². The molecule has 1 aromatic carbocycles. The van der Waals surface area contributed by atoms with Gasteiger partial charge in [-0.05, 0) is 24.5 Å². The van der Waals surface area contributed by atoms with Gasteiger partial charge in [-0.1, -0.05) is 6.07 Å². The number of aryl methyl sites for hydroxylation is 1. The van der Waals surface area contributed by atoms with Gasteiger partial charge in [-0.15, -0.1) is 0 Å². The van der Waals surface area contributed by atoms with Gasteiger partial charge >= 0.3 is 0 Å². The van der Waals surface area contributed by atoms with Gasteiger partial charge in [0.25, 0.3) is 0 Å². The van der Waals surface area contributed by atoms with E-state index in [0.717, 1.165) is 30.0 Å². The van der Waals surface area contributed by atoms with Crippen LogP contribution in [0.5, 0.6) is 11.5 Å². The van der Waals surface area contributed by atoms with Crippen molar-refractivity contribution in [2.24, 2.45) is 5.92 Å². The second-order valence-electron chi connectivity index (χ2n) is 5.49. The lowest BCUT2D eigenvalue weighted by Crippen LogP contribution is -2.38. The fourth-order valence-corrected chi connectivity index (χ4v) is 2.59. The van der Waals surface area contributed by atoms with Crippen molar-refractivity contribution in [3.63, 3.8) is 0 Å². The quantitative estimate of drug-likeness (QED) is 0.806. The summed E-state index contributed by atoms with van der Waals surface area (Å²) in [5, 5.41) is 6.99. The van der Waals surface area contributed by atoms with E-state index in [1.807, 2.05) is 18.2 Å². The van der Waals surface area contributed by atoms with Gasteiger partial charge in [0, 0.05) is 19.2 Å². The largest absolute Gasteiger partial charge is 0.497 e. The molecule has 0 unspecified atom stereocenters. The van der Waals surface area contributed by atoms with Crippen LogP contribution in [0, 0.1) is 5.92 Å². The number of ether oxygens (including phenoxy) is 2. The Morgan fingerprint density at radius 2 is 2.43 bits per heavy atom. The van der Waals surface area contributed by atoms with Crippen LogP contribution in [-0.4, -0.2) is 40.9 Å². The van der Waals surface area contributed by atoms with E-state index < -0.39 is 0 Å². The highest BCUT2D eigenvalue weighted by Gasteiger charge is 2.26. The molecular weight excluding hydrogens is 296 g/mol. The van der Waals surface area contributed by atoms with Crippen molar-refractivity contribution in [3.05, 3.63) is 36.4 Å². The first-order valence-electron chi connectivity index (χ1n) is 7.66. The summed E-state index contributed by atoms with van der Waals surface area (Å²) < 4.78 is 12.6. The third-order valence-corrected chi connectivity index (χ3v) is 3.88. The van der Waals surface area contributed by atoms with Gasteiger partial charge in [0.15, 0.2) is 0 Å². The average Bonchev–Trinajstić information content (AvgIpc) is 3.11. The minimum atomic E-state index is -0.151. The highest BCUT2D eigenvalue weighted by atomic mass is 16.5. The third-order valence-electron chi connectivity index (χ3n) is 3.88. The van der Waals surface area contributed by atoms with Crippen LogP contribution in [0.1, 0.15) is 12.0 Å². The van der Waals surface area contributed by atoms with Crippen LogP contribution >= 0.6 is 0 Å². The molecule has 23 heavy (non-hydrogen) atoms. The number of rotatable bonds is 6. The number of fused-ring (bicyclic) bond motifs is 1. The van der Waals surface area contributed by atoms with Crippen LogP contribution in [0.3, 0.4) is 0 Å². The van der Waals surface area contributed by atoms with Crippen molar-refractivity contribution in [2.75, 3.05) is 20.3 Å². The predicted molar refractivity (Wildman–Crippen MR) is 83.3 cm³/mol. The minimum Gasteiger partial charge on any atom is -0.497 e. The molecule has 1 aliphatic heterocycles. The maximum Gasteiger partial charge on any atom is 0.226 e. The number of methoxy groups -OCH3 is 1. The molecule has 0 saturated carbocycles. The van der Waals surface area contributed by atoms with Crippen LogP contribution in [-0.2, 0) is 17.8 Å². The summed E-state index contributed by atoms with van der Waals surface area (Å²) in [6.07, 6.45) is 4.68. The molecule has 0 fully saturated rings. The Bertz CT molecular complexity index is 657. The van der Waals surface area contributed by atoms with Crippen molar-refractivity contribution in [1.29, 1.82) is 0 Å². The molecule has 7 heteroatoms. The normalized spacial score (nSPS) is 16.3. The molecule has 2 aromatic rings. The summed E-state index contributed by atoms with van der Waals surface area (Å²) in [5.74, 6) is 1.45. The van der Waals surface area contributed by atoms with Gasteiger partial charge in [-0.25, -0.2) is 4.98 Å². The third kappa shape index (κ3) is 3.80. The van der Waals surface area contributed by atoms with Crippen molar-refractivity contribution in [2.45, 2.75) is 19.4 Å². The van der Waals surface area contributed by atoms with Crippen LogP contribution in [0.4, 0.5) is 0 Å². The number of carbonyl (C=O) groups is 1. The highest BCUT2D eigenvalue weighted by Crippen LogP contribution is 2.30. The summed E-state index contributed by atoms with van der Waals surface area (Å²) >= 11 is 0. The zero-order valence-corrected chi connectivity index (χ0v) is 13.1. The Morgan fingerprint density at radius 3 is 3.22 bits per heavy atom. The van der Waals surface area contributed by atoms with Crippen molar-refractivity contribution >= 4 is 5.91 Å². The van der Waals surface area contributed by atoms with Gasteiger partial charge in [0.1, 0.15) is 30.8 Å². The summed E-state index contributed by atoms with van der Waals surface area (Å²) in [6, 6.07) is 5.71. The van der Waals surface area contributed by atoms with E-state index in [9.17, 15) is 4.79 Å². The van der Waals surface area contributed by atoms with Crippen LogP contribution in [0.2, 0.25) is 0 Å². The molecule has 1 aliphatic rings. The molecule has 7 nitrogen and oxygen atoms in total. The van der Waals surface area contributed by atoms with Gasteiger partial charge in [-0.3, -0.25) is 9.48 Å². The Morgan fingerprint density at radius 1 is 1.52 bits per heavy atom. The smallest absolute Gasteiger partial charge is 0.226 e. The SMILES string of the molecule is COc1ccc2c(c1)OC[C@H](C(=O)NCCCn1cncn1)C2. The number of carbonyl (C=O) groups excluding carboxylic acids is 1. The van der Waals surface area contributed by atoms with Crippen molar-refractivity contribution < 1.29 is 14.3 Å². The predicted octanol–water partition coefficient (Wildman–Crippen LogP) is 1.04. The summed E-state index contributed by atoms with van der Waals surface area (Å²) in [4.78, 5) is 16.1. The number of hydrogen-bond donors (Lipinski definition) is 1. The molecule has 0 saturated heterocycles. The average molecular weight is 316 g/mol. The van der Waals surface area contributed by atoms with Crippen LogP contribution < -0.4 is 14.8 Å². The number of amides is 1. The van der Waals surface area contributed by atoms with E-state index >= 15 is 0 Å². The Kier molecular flexibility index (Phi) is 4.75. The number of nitrogens with zero attached hydrogens (tertiary/aromatic N) is 3. The van der Waals surface area contributed by atoms with Crippen LogP contribution in [0.15, 0.2) is 30.9 Å². The molecule has 0 radical (unpaired) electrons. The minimum absolute atomic E-state index is 0.0325. The fraction of sp³-hybridized carbons (Fsp3) is 0.438. The van der Waals surface area contributed by atoms with Crippen molar-refractivity contribution in [1.82, 2.24) is 20.1 Å². The lowest BCUT2D eigenvalue weighted by Gasteiger charge is -2.25. The Hall–Kier alpha value is -2.57. The zero-order valence-electron chi connectivity index (χ0n) is 13.1. The molecule has 1 aromatic heterocycles. The van der Waals surface area contributed by atoms with Gasteiger partial charge in [0.2, 0.25) is 5.91 Å². The van der Waals surface area contributed by atoms with E-state index in [4.69, 9.17) is 9.47 Å². The second kappa shape index (κ2) is 7.13. The number of aromatic nitrogens is 3. The van der Waals surface area contributed by atoms with E-state index in [2.05, 4.69) is 15.4 Å². The first-order chi connectivity index (χ1) is 11.3. The lowest BCUT2D eigenvalue weighted by molar-refractivity contribution is -0.126. The van der Waals surface area contributed by atoms with Gasteiger partial charge in [-0.2, -0.15) is 5.10 Å². The Labute approximate surface area is 134 Å². The summed E-state index contributed by atoms with van der Waals surface area (Å²) in [7, 11) is 1.63. The first-order valence-corrected chi connectivity index (χ1v) is 7.66. The molecule has 1 atom stereocenters. The maximum absolute atomic E-state index is 12.2. The molecule has 0 bridgehead atoms. The first kappa shape index (κ1) is 15.3. The molecule has 0 aliphatic carbocycles. The molecule has 2 heterocycles. The maximum atomic E-state index is 12.2. The van der Waals surface area contributed by atoms with E-state index in [1.54, 1.807) is 18.1 Å². The second-order valence-corrected chi connectivity index (χ2v) is 5.49. The van der Waals surface area contributed by atoms with Gasteiger partial charge in [0.05, 0.1) is 13.0 Å². The molecule has 3 rings (SSSR count). The van der Waals surface area contributed by atoms with Gasteiger partial charge < -0.3 is 14.8 Å². The van der Waals surface area contributed by atoms with E-state index in [1.165, 1.54) is 6.33 Å². The highest BCUT2D eigenvalue weighted by molar-refractivity contribution is 5.79. The zero-order chi connectivity index (χ0) is 16.1. The number of nitrogens with one attached hydrogen (secondary N) is 1. The molecule has 1 amide bonds. The summed E-state index contributed by atoms with van der Waals surface area (Å²) in [5.41, 5.74) is 1.04. The standard InChI is InChI=1S/C16H20N4O3/c1-22-14-4-3-12-7-13(9-23-15(12)8-14)16(21)18-5-2-6-20-11-17-10-19-20/h3-4,8,10-11,13H,2,5-7,9H2,1H3,(H,18,21)/t13-/m1/s1. The molecule has 0 spiro atoms. The number of benzene rings is 1. The van der Waals surface area contributed by atoms with E-state index in [-0.39, 0.29) is 11.8 Å². The van der Waals surface area contributed by atoms with E-state index in [0.29, 0.717) is 19.6 Å². The Balaban J connectivity index is 1.47. The topological polar surface area (TPSA) is 78.3 Å². The molecule has 122 valence electrons. The molecule has 1 N–H and O–H groups in total. The van der Waals surface area contributed by atoms with Crippen molar-refractivity contribution in [3.8, 4) is 11.5 Å². The number of hydrogen-bond acceptors (Lipinski definition) is 5. The summed E-state index contributed by atoms with van der Waals surface area (Å²) in [6.45, 7) is 1.75.